The third-order valence-corrected chi connectivity index (χ3v) is 5.98. The van der Waals surface area contributed by atoms with Crippen LogP contribution in [0.4, 0.5) is 0 Å². The number of ether oxygens (including phenoxy) is 2. The molecule has 7 heteroatoms. The van der Waals surface area contributed by atoms with E-state index in [2.05, 4.69) is 31.9 Å². The van der Waals surface area contributed by atoms with Gasteiger partial charge in [-0.3, -0.25) is 0 Å². The summed E-state index contributed by atoms with van der Waals surface area (Å²) in [5.41, 5.74) is 2.96. The van der Waals surface area contributed by atoms with Crippen LogP contribution >= 0.6 is 31.9 Å². The van der Waals surface area contributed by atoms with E-state index in [1.54, 1.807) is 37.3 Å². The molecule has 0 amide bonds. The molecule has 0 N–H and O–H groups in total. The monoisotopic (exact) mass is 567 g/mol. The van der Waals surface area contributed by atoms with Gasteiger partial charge in [-0.25, -0.2) is 14.6 Å². The predicted octanol–water partition coefficient (Wildman–Crippen LogP) is 6.89. The maximum Gasteiger partial charge on any atom is 0.352 e. The second-order valence-electron chi connectivity index (χ2n) is 7.17. The van der Waals surface area contributed by atoms with Gasteiger partial charge in [0.2, 0.25) is 6.10 Å². The Hall–Kier alpha value is -3.03. The van der Waals surface area contributed by atoms with Crippen LogP contribution in [0.25, 0.3) is 22.2 Å². The Bertz CT molecular complexity index is 1310. The van der Waals surface area contributed by atoms with Crippen molar-refractivity contribution in [3.05, 3.63) is 98.9 Å². The van der Waals surface area contributed by atoms with Gasteiger partial charge in [-0.2, -0.15) is 0 Å². The average molecular weight is 569 g/mol. The first-order valence-corrected chi connectivity index (χ1v) is 11.8. The van der Waals surface area contributed by atoms with Gasteiger partial charge in [0.25, 0.3) is 0 Å². The molecule has 3 aromatic carbocycles. The second kappa shape index (κ2) is 10.3. The van der Waals surface area contributed by atoms with Gasteiger partial charge in [0.1, 0.15) is 0 Å². The molecular formula is C26H19Br2NO4. The summed E-state index contributed by atoms with van der Waals surface area (Å²) < 4.78 is 12.6. The second-order valence-corrected chi connectivity index (χ2v) is 9.00. The fourth-order valence-electron chi connectivity index (χ4n) is 3.40. The lowest BCUT2D eigenvalue weighted by Gasteiger charge is -2.18. The van der Waals surface area contributed by atoms with Crippen molar-refractivity contribution in [1.29, 1.82) is 0 Å². The Morgan fingerprint density at radius 3 is 2.30 bits per heavy atom. The number of pyridine rings is 1. The molecule has 166 valence electrons. The van der Waals surface area contributed by atoms with Gasteiger partial charge in [0.05, 0.1) is 23.4 Å². The van der Waals surface area contributed by atoms with E-state index in [0.29, 0.717) is 27.7 Å². The van der Waals surface area contributed by atoms with Crippen molar-refractivity contribution < 1.29 is 19.1 Å². The standard InChI is InChI=1S/C26H19Br2NO4/c1-2-32-26(31)24(17-6-4-3-5-7-17)33-25(30)21-15-23(16-8-10-18(27)11-9-16)29-22-13-12-19(28)14-20(21)22/h3-15,24H,2H2,1H3/t24-/m0/s1. The predicted molar refractivity (Wildman–Crippen MR) is 134 cm³/mol. The molecule has 1 heterocycles. The summed E-state index contributed by atoms with van der Waals surface area (Å²) in [4.78, 5) is 30.8. The fraction of sp³-hybridized carbons (Fsp3) is 0.115. The molecule has 0 fully saturated rings. The first kappa shape index (κ1) is 23.1. The van der Waals surface area contributed by atoms with Crippen molar-refractivity contribution in [1.82, 2.24) is 4.98 Å². The molecule has 0 saturated heterocycles. The summed E-state index contributed by atoms with van der Waals surface area (Å²) in [6.45, 7) is 1.89. The molecule has 0 aliphatic rings. The van der Waals surface area contributed by atoms with Crippen LogP contribution in [0.3, 0.4) is 0 Å². The number of rotatable bonds is 6. The fourth-order valence-corrected chi connectivity index (χ4v) is 4.03. The molecule has 0 saturated carbocycles. The highest BCUT2D eigenvalue weighted by atomic mass is 79.9. The minimum Gasteiger partial charge on any atom is -0.463 e. The molecular weight excluding hydrogens is 550 g/mol. The number of hydrogen-bond donors (Lipinski definition) is 0. The Morgan fingerprint density at radius 1 is 0.909 bits per heavy atom. The number of hydrogen-bond acceptors (Lipinski definition) is 5. The van der Waals surface area contributed by atoms with Gasteiger partial charge in [-0.15, -0.1) is 0 Å². The minimum atomic E-state index is -1.18. The van der Waals surface area contributed by atoms with E-state index in [-0.39, 0.29) is 6.61 Å². The van der Waals surface area contributed by atoms with Gasteiger partial charge in [-0.05, 0) is 43.3 Å². The zero-order valence-corrected chi connectivity index (χ0v) is 20.8. The summed E-state index contributed by atoms with van der Waals surface area (Å²) in [5.74, 6) is -1.26. The zero-order valence-electron chi connectivity index (χ0n) is 17.6. The van der Waals surface area contributed by atoms with E-state index in [1.165, 1.54) is 0 Å². The molecule has 0 spiro atoms. The first-order valence-electron chi connectivity index (χ1n) is 10.2. The summed E-state index contributed by atoms with van der Waals surface area (Å²) in [7, 11) is 0. The lowest BCUT2D eigenvalue weighted by Crippen LogP contribution is -2.22. The van der Waals surface area contributed by atoms with E-state index in [1.807, 2.05) is 48.5 Å². The third-order valence-electron chi connectivity index (χ3n) is 4.96. The van der Waals surface area contributed by atoms with Crippen LogP contribution in [0, 0.1) is 0 Å². The van der Waals surface area contributed by atoms with Crippen molar-refractivity contribution in [2.45, 2.75) is 13.0 Å². The molecule has 0 bridgehead atoms. The summed E-state index contributed by atoms with van der Waals surface area (Å²) in [6, 6.07) is 23.7. The topological polar surface area (TPSA) is 65.5 Å². The maximum atomic E-state index is 13.4. The number of halogens is 2. The molecule has 0 unspecified atom stereocenters. The van der Waals surface area contributed by atoms with E-state index < -0.39 is 18.0 Å². The quantitative estimate of drug-likeness (QED) is 0.237. The molecule has 1 aromatic heterocycles. The van der Waals surface area contributed by atoms with Crippen molar-refractivity contribution in [3.63, 3.8) is 0 Å². The van der Waals surface area contributed by atoms with E-state index >= 15 is 0 Å². The third kappa shape index (κ3) is 5.31. The Morgan fingerprint density at radius 2 is 1.61 bits per heavy atom. The van der Waals surface area contributed by atoms with E-state index in [4.69, 9.17) is 14.5 Å². The van der Waals surface area contributed by atoms with Crippen molar-refractivity contribution >= 4 is 54.7 Å². The molecule has 4 aromatic rings. The van der Waals surface area contributed by atoms with Gasteiger partial charge in [0.15, 0.2) is 0 Å². The summed E-state index contributed by atoms with van der Waals surface area (Å²) >= 11 is 6.89. The van der Waals surface area contributed by atoms with Gasteiger partial charge >= 0.3 is 11.9 Å². The van der Waals surface area contributed by atoms with Gasteiger partial charge < -0.3 is 9.47 Å². The molecule has 0 aliphatic carbocycles. The first-order chi connectivity index (χ1) is 16.0. The number of esters is 2. The zero-order chi connectivity index (χ0) is 23.4. The lowest BCUT2D eigenvalue weighted by atomic mass is 10.0. The summed E-state index contributed by atoms with van der Waals surface area (Å²) in [5, 5.41) is 0.617. The largest absolute Gasteiger partial charge is 0.463 e. The maximum absolute atomic E-state index is 13.4. The lowest BCUT2D eigenvalue weighted by molar-refractivity contribution is -0.153. The Labute approximate surface area is 208 Å². The number of carbonyl (C=O) groups excluding carboxylic acids is 2. The SMILES string of the molecule is CCOC(=O)[C@@H](OC(=O)c1cc(-c2ccc(Br)cc2)nc2ccc(Br)cc12)c1ccccc1. The van der Waals surface area contributed by atoms with E-state index in [9.17, 15) is 9.59 Å². The van der Waals surface area contributed by atoms with Crippen molar-refractivity contribution in [2.24, 2.45) is 0 Å². The molecule has 5 nitrogen and oxygen atoms in total. The molecule has 1 atom stereocenters. The van der Waals surface area contributed by atoms with E-state index in [0.717, 1.165) is 14.5 Å². The van der Waals surface area contributed by atoms with Crippen LogP contribution in [0.5, 0.6) is 0 Å². The van der Waals surface area contributed by atoms with Crippen molar-refractivity contribution in [3.8, 4) is 11.3 Å². The Balaban J connectivity index is 1.79. The molecule has 33 heavy (non-hydrogen) atoms. The van der Waals surface area contributed by atoms with Gasteiger partial charge in [-0.1, -0.05) is 74.3 Å². The van der Waals surface area contributed by atoms with Crippen molar-refractivity contribution in [2.75, 3.05) is 6.61 Å². The number of aromatic nitrogens is 1. The normalized spacial score (nSPS) is 11.7. The highest BCUT2D eigenvalue weighted by Gasteiger charge is 2.28. The van der Waals surface area contributed by atoms with Crippen LogP contribution in [-0.2, 0) is 14.3 Å². The molecule has 4 rings (SSSR count). The average Bonchev–Trinajstić information content (AvgIpc) is 2.83. The van der Waals surface area contributed by atoms with Crippen LogP contribution in [0.1, 0.15) is 28.9 Å². The van der Waals surface area contributed by atoms with Gasteiger partial charge in [0, 0.05) is 25.5 Å². The number of nitrogens with zero attached hydrogens (tertiary/aromatic N) is 1. The van der Waals surface area contributed by atoms with Crippen LogP contribution in [-0.4, -0.2) is 23.5 Å². The van der Waals surface area contributed by atoms with Crippen LogP contribution < -0.4 is 0 Å². The Kier molecular flexibility index (Phi) is 7.20. The molecule has 0 aliphatic heterocycles. The summed E-state index contributed by atoms with van der Waals surface area (Å²) in [6.07, 6.45) is -1.18. The molecule has 0 radical (unpaired) electrons. The number of benzene rings is 3. The number of carbonyl (C=O) groups is 2. The minimum absolute atomic E-state index is 0.179. The smallest absolute Gasteiger partial charge is 0.352 e. The van der Waals surface area contributed by atoms with Crippen LogP contribution in [0.2, 0.25) is 0 Å². The number of fused-ring (bicyclic) bond motifs is 1. The highest BCUT2D eigenvalue weighted by Crippen LogP contribution is 2.30. The highest BCUT2D eigenvalue weighted by molar-refractivity contribution is 9.10. The van der Waals surface area contributed by atoms with Crippen LogP contribution in [0.15, 0.2) is 87.8 Å².